The Kier molecular flexibility index (Phi) is 4.32. The largest absolute Gasteiger partial charge is 0.339 e. The molecule has 0 saturated heterocycles. The van der Waals surface area contributed by atoms with Gasteiger partial charge < -0.3 is 4.52 Å². The molecule has 0 amide bonds. The van der Waals surface area contributed by atoms with Crippen molar-refractivity contribution in [1.29, 1.82) is 0 Å². The summed E-state index contributed by atoms with van der Waals surface area (Å²) >= 11 is 0. The molecule has 0 aliphatic rings. The standard InChI is InChI=1S/C16H20N2O2/c1-10(2)12-5-7-13(8-6-12)16-17-15(20-18-16)9-14(19)11(3)4/h5-8,10-11H,9H2,1-4H3. The first-order valence-corrected chi connectivity index (χ1v) is 6.93. The molecular weight excluding hydrogens is 252 g/mol. The molecule has 0 aliphatic carbocycles. The third kappa shape index (κ3) is 3.32. The van der Waals surface area contributed by atoms with Crippen molar-refractivity contribution >= 4 is 5.78 Å². The lowest BCUT2D eigenvalue weighted by molar-refractivity contribution is -0.121. The quantitative estimate of drug-likeness (QED) is 0.834. The number of hydrogen-bond donors (Lipinski definition) is 0. The molecule has 0 fully saturated rings. The van der Waals surface area contributed by atoms with Crippen LogP contribution in [0.1, 0.15) is 45.1 Å². The van der Waals surface area contributed by atoms with Gasteiger partial charge in [-0.1, -0.05) is 57.1 Å². The molecule has 1 aromatic heterocycles. The third-order valence-electron chi connectivity index (χ3n) is 3.27. The van der Waals surface area contributed by atoms with Crippen molar-refractivity contribution in [2.45, 2.75) is 40.0 Å². The van der Waals surface area contributed by atoms with Gasteiger partial charge in [-0.25, -0.2) is 0 Å². The number of ketones is 1. The van der Waals surface area contributed by atoms with Crippen LogP contribution in [0.3, 0.4) is 0 Å². The van der Waals surface area contributed by atoms with E-state index >= 15 is 0 Å². The molecule has 2 aromatic rings. The average Bonchev–Trinajstić information content (AvgIpc) is 2.87. The van der Waals surface area contributed by atoms with Crippen molar-refractivity contribution in [2.24, 2.45) is 5.92 Å². The summed E-state index contributed by atoms with van der Waals surface area (Å²) in [5.74, 6) is 1.50. The maximum Gasteiger partial charge on any atom is 0.234 e. The molecule has 4 nitrogen and oxygen atoms in total. The number of aromatic nitrogens is 2. The first-order valence-electron chi connectivity index (χ1n) is 6.93. The summed E-state index contributed by atoms with van der Waals surface area (Å²) in [4.78, 5) is 15.9. The van der Waals surface area contributed by atoms with Crippen molar-refractivity contribution < 1.29 is 9.32 Å². The van der Waals surface area contributed by atoms with Gasteiger partial charge in [-0.2, -0.15) is 4.98 Å². The molecule has 0 bridgehead atoms. The van der Waals surface area contributed by atoms with E-state index in [0.29, 0.717) is 17.6 Å². The van der Waals surface area contributed by atoms with Gasteiger partial charge in [0.25, 0.3) is 0 Å². The molecule has 4 heteroatoms. The van der Waals surface area contributed by atoms with Crippen molar-refractivity contribution in [3.05, 3.63) is 35.7 Å². The van der Waals surface area contributed by atoms with Crippen LogP contribution in [0.15, 0.2) is 28.8 Å². The first-order chi connectivity index (χ1) is 9.47. The number of carbonyl (C=O) groups is 1. The molecule has 2 rings (SSSR count). The van der Waals surface area contributed by atoms with Crippen LogP contribution in [0.2, 0.25) is 0 Å². The molecule has 0 spiro atoms. The number of nitrogens with zero attached hydrogens (tertiary/aromatic N) is 2. The minimum absolute atomic E-state index is 0.0179. The van der Waals surface area contributed by atoms with Gasteiger partial charge in [0.05, 0.1) is 6.42 Å². The van der Waals surface area contributed by atoms with Crippen molar-refractivity contribution in [2.75, 3.05) is 0 Å². The minimum atomic E-state index is -0.0179. The molecule has 0 radical (unpaired) electrons. The normalized spacial score (nSPS) is 11.3. The molecule has 0 saturated carbocycles. The smallest absolute Gasteiger partial charge is 0.234 e. The summed E-state index contributed by atoms with van der Waals surface area (Å²) in [6.07, 6.45) is 0.203. The van der Waals surface area contributed by atoms with E-state index in [9.17, 15) is 4.79 Å². The van der Waals surface area contributed by atoms with Gasteiger partial charge in [0.2, 0.25) is 11.7 Å². The highest BCUT2D eigenvalue weighted by Gasteiger charge is 2.14. The van der Waals surface area contributed by atoms with Crippen LogP contribution in [0.5, 0.6) is 0 Å². The fourth-order valence-electron chi connectivity index (χ4n) is 1.81. The Balaban J connectivity index is 2.14. The topological polar surface area (TPSA) is 56.0 Å². The summed E-state index contributed by atoms with van der Waals surface area (Å²) in [6.45, 7) is 8.03. The molecule has 0 atom stereocenters. The van der Waals surface area contributed by atoms with Crippen LogP contribution in [0.25, 0.3) is 11.4 Å². The van der Waals surface area contributed by atoms with Crippen molar-refractivity contribution in [3.63, 3.8) is 0 Å². The predicted octanol–water partition coefficient (Wildman–Crippen LogP) is 3.63. The van der Waals surface area contributed by atoms with Crippen LogP contribution in [0, 0.1) is 5.92 Å². The van der Waals surface area contributed by atoms with Gasteiger partial charge in [0.15, 0.2) is 0 Å². The molecule has 106 valence electrons. The van der Waals surface area contributed by atoms with Gasteiger partial charge in [-0.05, 0) is 11.5 Å². The predicted molar refractivity (Wildman–Crippen MR) is 77.4 cm³/mol. The highest BCUT2D eigenvalue weighted by atomic mass is 16.5. The molecule has 20 heavy (non-hydrogen) atoms. The highest BCUT2D eigenvalue weighted by molar-refractivity contribution is 5.81. The molecule has 0 N–H and O–H groups in total. The summed E-state index contributed by atoms with van der Waals surface area (Å²) in [7, 11) is 0. The summed E-state index contributed by atoms with van der Waals surface area (Å²) < 4.78 is 5.14. The Bertz CT molecular complexity index is 583. The molecule has 1 heterocycles. The lowest BCUT2D eigenvalue weighted by atomic mass is 10.0. The van der Waals surface area contributed by atoms with E-state index in [1.807, 2.05) is 26.0 Å². The summed E-state index contributed by atoms with van der Waals surface area (Å²) in [5.41, 5.74) is 2.17. The zero-order valence-electron chi connectivity index (χ0n) is 12.4. The number of rotatable bonds is 5. The zero-order chi connectivity index (χ0) is 14.7. The van der Waals surface area contributed by atoms with Gasteiger partial charge in [0, 0.05) is 11.5 Å². The lowest BCUT2D eigenvalue weighted by Crippen LogP contribution is -2.10. The van der Waals surface area contributed by atoms with Crippen LogP contribution in [-0.2, 0) is 11.2 Å². The van der Waals surface area contributed by atoms with Crippen LogP contribution >= 0.6 is 0 Å². The summed E-state index contributed by atoms with van der Waals surface area (Å²) in [6, 6.07) is 8.09. The van der Waals surface area contributed by atoms with E-state index in [0.717, 1.165) is 5.56 Å². The van der Waals surface area contributed by atoms with E-state index in [1.54, 1.807) is 0 Å². The average molecular weight is 272 g/mol. The molecular formula is C16H20N2O2. The maximum atomic E-state index is 11.6. The van der Waals surface area contributed by atoms with Gasteiger partial charge in [-0.15, -0.1) is 0 Å². The van der Waals surface area contributed by atoms with Crippen molar-refractivity contribution in [3.8, 4) is 11.4 Å². The number of Topliss-reactive ketones (excluding diaryl/α,β-unsaturated/α-hetero) is 1. The number of carbonyl (C=O) groups excluding carboxylic acids is 1. The fraction of sp³-hybridized carbons (Fsp3) is 0.438. The second kappa shape index (κ2) is 5.99. The van der Waals surface area contributed by atoms with Crippen LogP contribution in [0.4, 0.5) is 0 Å². The van der Waals surface area contributed by atoms with Crippen LogP contribution < -0.4 is 0 Å². The zero-order valence-corrected chi connectivity index (χ0v) is 12.4. The van der Waals surface area contributed by atoms with E-state index in [-0.39, 0.29) is 18.1 Å². The Morgan fingerprint density at radius 1 is 1.15 bits per heavy atom. The van der Waals surface area contributed by atoms with Crippen LogP contribution in [-0.4, -0.2) is 15.9 Å². The Morgan fingerprint density at radius 2 is 1.80 bits per heavy atom. The van der Waals surface area contributed by atoms with E-state index < -0.39 is 0 Å². The fourth-order valence-corrected chi connectivity index (χ4v) is 1.81. The Labute approximate surface area is 119 Å². The number of hydrogen-bond acceptors (Lipinski definition) is 4. The highest BCUT2D eigenvalue weighted by Crippen LogP contribution is 2.20. The number of benzene rings is 1. The molecule has 0 aliphatic heterocycles. The van der Waals surface area contributed by atoms with Crippen molar-refractivity contribution in [1.82, 2.24) is 10.1 Å². The SMILES string of the molecule is CC(C)C(=O)Cc1nc(-c2ccc(C(C)C)cc2)no1. The summed E-state index contributed by atoms with van der Waals surface area (Å²) in [5, 5.41) is 3.94. The van der Waals surface area contributed by atoms with E-state index in [2.05, 4.69) is 36.1 Å². The van der Waals surface area contributed by atoms with E-state index in [1.165, 1.54) is 5.56 Å². The monoisotopic (exact) mass is 272 g/mol. The third-order valence-corrected chi connectivity index (χ3v) is 3.27. The second-order valence-corrected chi connectivity index (χ2v) is 5.59. The van der Waals surface area contributed by atoms with Gasteiger partial charge in [0.1, 0.15) is 5.78 Å². The second-order valence-electron chi connectivity index (χ2n) is 5.59. The Hall–Kier alpha value is -1.97. The molecule has 1 aromatic carbocycles. The molecule has 0 unspecified atom stereocenters. The lowest BCUT2D eigenvalue weighted by Gasteiger charge is -2.04. The first kappa shape index (κ1) is 14.4. The minimum Gasteiger partial charge on any atom is -0.339 e. The maximum absolute atomic E-state index is 11.6. The van der Waals surface area contributed by atoms with Gasteiger partial charge >= 0.3 is 0 Å². The Morgan fingerprint density at radius 3 is 2.35 bits per heavy atom. The van der Waals surface area contributed by atoms with Gasteiger partial charge in [-0.3, -0.25) is 4.79 Å². The van der Waals surface area contributed by atoms with E-state index in [4.69, 9.17) is 4.52 Å².